The van der Waals surface area contributed by atoms with E-state index in [0.717, 1.165) is 18.9 Å². The normalized spacial score (nSPS) is 12.9. The average Bonchev–Trinajstić information content (AvgIpc) is 3.55. The van der Waals surface area contributed by atoms with Crippen LogP contribution in [0, 0.1) is 5.92 Å². The number of sulfone groups is 1. The number of carboxylic acids is 1. The average molecular weight is 463 g/mol. The molecule has 10 heteroatoms. The van der Waals surface area contributed by atoms with Crippen molar-refractivity contribution in [2.75, 3.05) is 22.9 Å². The van der Waals surface area contributed by atoms with Crippen molar-refractivity contribution < 1.29 is 23.1 Å². The van der Waals surface area contributed by atoms with Crippen LogP contribution in [0.15, 0.2) is 36.7 Å². The molecule has 1 aliphatic carbocycles. The second-order valence-corrected chi connectivity index (χ2v) is 9.97. The number of anilines is 2. The zero-order valence-electron chi connectivity index (χ0n) is 18.4. The number of carbonyl (C=O) groups excluding carboxylic acids is 1. The van der Waals surface area contributed by atoms with Crippen molar-refractivity contribution in [1.29, 1.82) is 0 Å². The molecular weight excluding hydrogens is 432 g/mol. The van der Waals surface area contributed by atoms with Gasteiger partial charge in [-0.3, -0.25) is 9.59 Å². The number of benzene rings is 1. The van der Waals surface area contributed by atoms with Crippen molar-refractivity contribution in [3.63, 3.8) is 0 Å². The molecule has 0 unspecified atom stereocenters. The third kappa shape index (κ3) is 9.86. The van der Waals surface area contributed by atoms with Crippen LogP contribution in [0.5, 0.6) is 0 Å². The molecular formula is C22H30N4O5S. The number of hydrogen-bond donors (Lipinski definition) is 3. The van der Waals surface area contributed by atoms with Gasteiger partial charge in [0.1, 0.15) is 17.8 Å². The molecule has 0 radical (unpaired) electrons. The molecule has 9 nitrogen and oxygen atoms in total. The molecule has 1 amide bonds. The Labute approximate surface area is 188 Å². The molecule has 0 aliphatic heterocycles. The van der Waals surface area contributed by atoms with E-state index in [1.807, 2.05) is 6.92 Å². The van der Waals surface area contributed by atoms with Gasteiger partial charge in [-0.05, 0) is 30.0 Å². The fraction of sp³-hybridized carbons (Fsp3) is 0.455. The fourth-order valence-corrected chi connectivity index (χ4v) is 3.78. The largest absolute Gasteiger partial charge is 0.481 e. The summed E-state index contributed by atoms with van der Waals surface area (Å²) in [5.41, 5.74) is 1.20. The van der Waals surface area contributed by atoms with E-state index in [1.54, 1.807) is 30.3 Å². The first-order chi connectivity index (χ1) is 15.2. The minimum atomic E-state index is -3.51. The number of carbonyl (C=O) groups is 2. The summed E-state index contributed by atoms with van der Waals surface area (Å²) in [6.45, 7) is 5.03. The van der Waals surface area contributed by atoms with Crippen LogP contribution in [0.1, 0.15) is 55.6 Å². The molecule has 1 aromatic carbocycles. The second kappa shape index (κ2) is 12.1. The van der Waals surface area contributed by atoms with Crippen LogP contribution in [0.25, 0.3) is 0 Å². The quantitative estimate of drug-likeness (QED) is 0.488. The number of carboxylic acid groups (broad SMARTS) is 1. The predicted octanol–water partition coefficient (Wildman–Crippen LogP) is 3.36. The lowest BCUT2D eigenvalue weighted by Gasteiger charge is -2.08. The van der Waals surface area contributed by atoms with Gasteiger partial charge in [-0.15, -0.1) is 0 Å². The van der Waals surface area contributed by atoms with E-state index in [2.05, 4.69) is 27.5 Å². The van der Waals surface area contributed by atoms with Gasteiger partial charge in [0.2, 0.25) is 0 Å². The van der Waals surface area contributed by atoms with Gasteiger partial charge >= 0.3 is 5.97 Å². The second-order valence-electron chi connectivity index (χ2n) is 7.78. The summed E-state index contributed by atoms with van der Waals surface area (Å²) in [5.74, 6) is -0.595. The monoisotopic (exact) mass is 462 g/mol. The lowest BCUT2D eigenvalue weighted by Crippen LogP contribution is -2.15. The summed E-state index contributed by atoms with van der Waals surface area (Å²) < 4.78 is 23.8. The molecule has 174 valence electrons. The highest BCUT2D eigenvalue weighted by molar-refractivity contribution is 7.90. The highest BCUT2D eigenvalue weighted by Crippen LogP contribution is 2.26. The summed E-state index contributed by atoms with van der Waals surface area (Å²) in [6, 6.07) is 7.85. The van der Waals surface area contributed by atoms with Crippen LogP contribution in [0.4, 0.5) is 11.5 Å². The number of rotatable bonds is 10. The first-order valence-electron chi connectivity index (χ1n) is 10.6. The van der Waals surface area contributed by atoms with Crippen molar-refractivity contribution >= 4 is 33.2 Å². The molecule has 1 saturated carbocycles. The minimum absolute atomic E-state index is 0.203. The van der Waals surface area contributed by atoms with E-state index in [9.17, 15) is 18.0 Å². The SMILES string of the molecule is CC1CC1.CCCNc1cc(C(=O)Nc2ccc(CS(=O)(=O)CCC(=O)O)cc2)ncn1. The zero-order chi connectivity index (χ0) is 23.6. The molecule has 0 atom stereocenters. The Morgan fingerprint density at radius 3 is 2.38 bits per heavy atom. The molecule has 1 aliphatic rings. The van der Waals surface area contributed by atoms with Gasteiger partial charge in [-0.2, -0.15) is 0 Å². The smallest absolute Gasteiger partial charge is 0.304 e. The van der Waals surface area contributed by atoms with Gasteiger partial charge in [0.25, 0.3) is 5.91 Å². The highest BCUT2D eigenvalue weighted by Gasteiger charge is 2.15. The van der Waals surface area contributed by atoms with Gasteiger partial charge < -0.3 is 15.7 Å². The van der Waals surface area contributed by atoms with Crippen molar-refractivity contribution in [2.24, 2.45) is 5.92 Å². The minimum Gasteiger partial charge on any atom is -0.481 e. The standard InChI is InChI=1S/C18H22N4O5S.C4H8/c1-2-8-19-16-10-15(20-12-21-16)18(25)22-14-5-3-13(4-6-14)11-28(26,27)9-7-17(23)24;1-4-2-3-4/h3-6,10,12H,2,7-9,11H2,1H3,(H,22,25)(H,23,24)(H,19,20,21);4H,2-3H2,1H3. The summed E-state index contributed by atoms with van der Waals surface area (Å²) in [4.78, 5) is 30.8. The summed E-state index contributed by atoms with van der Waals surface area (Å²) in [5, 5.41) is 14.4. The van der Waals surface area contributed by atoms with Crippen molar-refractivity contribution in [2.45, 2.75) is 45.3 Å². The number of nitrogens with one attached hydrogen (secondary N) is 2. The Hall–Kier alpha value is -3.01. The topological polar surface area (TPSA) is 138 Å². The third-order valence-corrected chi connectivity index (χ3v) is 6.15. The van der Waals surface area contributed by atoms with E-state index < -0.39 is 33.9 Å². The maximum absolute atomic E-state index is 12.3. The van der Waals surface area contributed by atoms with Gasteiger partial charge in [0, 0.05) is 18.3 Å². The van der Waals surface area contributed by atoms with E-state index in [1.165, 1.54) is 19.2 Å². The Balaban J connectivity index is 0.000000813. The Morgan fingerprint density at radius 2 is 1.81 bits per heavy atom. The summed E-state index contributed by atoms with van der Waals surface area (Å²) in [6.07, 6.45) is 4.77. The number of amides is 1. The zero-order valence-corrected chi connectivity index (χ0v) is 19.2. The van der Waals surface area contributed by atoms with Crippen molar-refractivity contribution in [3.8, 4) is 0 Å². The van der Waals surface area contributed by atoms with Crippen LogP contribution in [-0.2, 0) is 20.4 Å². The van der Waals surface area contributed by atoms with Crippen LogP contribution in [0.3, 0.4) is 0 Å². The molecule has 3 N–H and O–H groups in total. The molecule has 1 heterocycles. The lowest BCUT2D eigenvalue weighted by molar-refractivity contribution is -0.136. The number of aliphatic carboxylic acids is 1. The van der Waals surface area contributed by atoms with E-state index in [0.29, 0.717) is 17.1 Å². The molecule has 0 saturated heterocycles. The summed E-state index contributed by atoms with van der Waals surface area (Å²) in [7, 11) is -3.51. The van der Waals surface area contributed by atoms with E-state index >= 15 is 0 Å². The van der Waals surface area contributed by atoms with Gasteiger partial charge in [0.15, 0.2) is 9.84 Å². The Bertz CT molecular complexity index is 1010. The van der Waals surface area contributed by atoms with Crippen LogP contribution >= 0.6 is 0 Å². The summed E-state index contributed by atoms with van der Waals surface area (Å²) >= 11 is 0. The maximum Gasteiger partial charge on any atom is 0.304 e. The first-order valence-corrected chi connectivity index (χ1v) is 12.4. The Kier molecular flexibility index (Phi) is 9.58. The predicted molar refractivity (Wildman–Crippen MR) is 123 cm³/mol. The molecule has 2 aromatic rings. The van der Waals surface area contributed by atoms with Crippen LogP contribution < -0.4 is 10.6 Å². The lowest BCUT2D eigenvalue weighted by atomic mass is 10.2. The van der Waals surface area contributed by atoms with Gasteiger partial charge in [-0.25, -0.2) is 18.4 Å². The molecule has 1 aromatic heterocycles. The van der Waals surface area contributed by atoms with Gasteiger partial charge in [-0.1, -0.05) is 38.8 Å². The van der Waals surface area contributed by atoms with Crippen LogP contribution in [0.2, 0.25) is 0 Å². The molecule has 0 bridgehead atoms. The molecule has 0 spiro atoms. The molecule has 1 fully saturated rings. The van der Waals surface area contributed by atoms with Crippen molar-refractivity contribution in [1.82, 2.24) is 9.97 Å². The van der Waals surface area contributed by atoms with E-state index in [-0.39, 0.29) is 11.4 Å². The molecule has 32 heavy (non-hydrogen) atoms. The van der Waals surface area contributed by atoms with Crippen LogP contribution in [-0.4, -0.2) is 47.7 Å². The number of hydrogen-bond acceptors (Lipinski definition) is 7. The fourth-order valence-electron chi connectivity index (χ4n) is 2.45. The van der Waals surface area contributed by atoms with Crippen molar-refractivity contribution in [3.05, 3.63) is 47.9 Å². The number of nitrogens with zero attached hydrogens (tertiary/aromatic N) is 2. The number of aromatic nitrogens is 2. The Morgan fingerprint density at radius 1 is 1.16 bits per heavy atom. The third-order valence-electron chi connectivity index (χ3n) is 4.55. The first kappa shape index (κ1) is 25.3. The highest BCUT2D eigenvalue weighted by atomic mass is 32.2. The molecule has 3 rings (SSSR count). The van der Waals surface area contributed by atoms with E-state index in [4.69, 9.17) is 5.11 Å². The van der Waals surface area contributed by atoms with Gasteiger partial charge in [0.05, 0.1) is 17.9 Å². The maximum atomic E-state index is 12.3.